The van der Waals surface area contributed by atoms with Crippen LogP contribution in [0, 0.1) is 13.8 Å². The first kappa shape index (κ1) is 24.2. The second kappa shape index (κ2) is 10.1. The zero-order valence-corrected chi connectivity index (χ0v) is 20.8. The first-order chi connectivity index (χ1) is 16.7. The predicted molar refractivity (Wildman–Crippen MR) is 138 cm³/mol. The van der Waals surface area contributed by atoms with Crippen LogP contribution in [0.25, 0.3) is 5.69 Å². The number of nitrogens with one attached hydrogen (secondary N) is 1. The van der Waals surface area contributed by atoms with Crippen molar-refractivity contribution in [3.63, 3.8) is 0 Å². The van der Waals surface area contributed by atoms with E-state index < -0.39 is 10.0 Å². The number of hydrogen-bond acceptors (Lipinski definition) is 4. The van der Waals surface area contributed by atoms with Crippen molar-refractivity contribution < 1.29 is 13.2 Å². The van der Waals surface area contributed by atoms with Gasteiger partial charge in [-0.05, 0) is 66.4 Å². The Kier molecular flexibility index (Phi) is 7.02. The molecule has 8 heteroatoms. The predicted octanol–water partition coefficient (Wildman–Crippen LogP) is 4.39. The van der Waals surface area contributed by atoms with Crippen molar-refractivity contribution in [2.75, 3.05) is 10.6 Å². The topological polar surface area (TPSA) is 84.3 Å². The molecule has 0 fully saturated rings. The molecule has 180 valence electrons. The lowest BCUT2D eigenvalue weighted by atomic mass is 10.1. The van der Waals surface area contributed by atoms with Gasteiger partial charge in [0.2, 0.25) is 10.0 Å². The summed E-state index contributed by atoms with van der Waals surface area (Å²) in [6.45, 7) is 4.50. The van der Waals surface area contributed by atoms with E-state index in [2.05, 4.69) is 10.3 Å². The summed E-state index contributed by atoms with van der Waals surface area (Å²) in [5, 5.41) is 2.96. The van der Waals surface area contributed by atoms with Crippen LogP contribution in [-0.4, -0.2) is 30.1 Å². The molecular formula is C27H28N4O3S. The third-order valence-electron chi connectivity index (χ3n) is 5.93. The van der Waals surface area contributed by atoms with Gasteiger partial charge >= 0.3 is 0 Å². The first-order valence-electron chi connectivity index (χ1n) is 11.2. The molecule has 1 N–H and O–H groups in total. The monoisotopic (exact) mass is 488 g/mol. The molecule has 0 saturated carbocycles. The Balaban J connectivity index is 1.46. The summed E-state index contributed by atoms with van der Waals surface area (Å²) in [6, 6.07) is 20.4. The summed E-state index contributed by atoms with van der Waals surface area (Å²) >= 11 is 0. The molecule has 1 amide bonds. The van der Waals surface area contributed by atoms with Gasteiger partial charge in [0.15, 0.2) is 0 Å². The highest BCUT2D eigenvalue weighted by atomic mass is 32.2. The van der Waals surface area contributed by atoms with E-state index in [9.17, 15) is 13.2 Å². The minimum atomic E-state index is -3.49. The van der Waals surface area contributed by atoms with Crippen LogP contribution in [0.15, 0.2) is 85.5 Å². The number of nitrogens with zero attached hydrogens (tertiary/aromatic N) is 3. The Morgan fingerprint density at radius 1 is 1.00 bits per heavy atom. The number of anilines is 1. The standard InChI is InChI=1S/C27H28N4O3S/c1-20-8-13-25(16-21(20)2)31(35(3,33)34)18-22-9-11-23(12-10-22)27(32)29-17-24-6-4-5-7-26(24)30-15-14-28-19-30/h4-16,19H,17-18H2,1-3H3,(H,29,32). The van der Waals surface area contributed by atoms with Crippen molar-refractivity contribution in [1.29, 1.82) is 0 Å². The van der Waals surface area contributed by atoms with Crippen molar-refractivity contribution >= 4 is 21.6 Å². The Bertz CT molecular complexity index is 1430. The van der Waals surface area contributed by atoms with E-state index in [0.29, 0.717) is 17.8 Å². The highest BCUT2D eigenvalue weighted by molar-refractivity contribution is 7.92. The fourth-order valence-corrected chi connectivity index (χ4v) is 4.68. The Hall–Kier alpha value is -3.91. The smallest absolute Gasteiger partial charge is 0.251 e. The number of amides is 1. The fraction of sp³-hybridized carbons (Fsp3) is 0.185. The van der Waals surface area contributed by atoms with Gasteiger partial charge in [0.05, 0.1) is 30.5 Å². The quantitative estimate of drug-likeness (QED) is 0.399. The lowest BCUT2D eigenvalue weighted by Gasteiger charge is -2.23. The third-order valence-corrected chi connectivity index (χ3v) is 7.08. The van der Waals surface area contributed by atoms with Gasteiger partial charge in [-0.2, -0.15) is 0 Å². The van der Waals surface area contributed by atoms with E-state index in [1.807, 2.05) is 67.1 Å². The minimum Gasteiger partial charge on any atom is -0.348 e. The first-order valence-corrected chi connectivity index (χ1v) is 13.1. The number of benzene rings is 3. The molecule has 0 atom stereocenters. The lowest BCUT2D eigenvalue weighted by molar-refractivity contribution is 0.0951. The van der Waals surface area contributed by atoms with Crippen molar-refractivity contribution in [2.24, 2.45) is 0 Å². The van der Waals surface area contributed by atoms with Crippen molar-refractivity contribution in [1.82, 2.24) is 14.9 Å². The molecule has 4 aromatic rings. The van der Waals surface area contributed by atoms with Gasteiger partial charge in [0.25, 0.3) is 5.91 Å². The van der Waals surface area contributed by atoms with Crippen LogP contribution >= 0.6 is 0 Å². The SMILES string of the molecule is Cc1ccc(N(Cc2ccc(C(=O)NCc3ccccc3-n3ccnc3)cc2)S(C)(=O)=O)cc1C. The van der Waals surface area contributed by atoms with Crippen molar-refractivity contribution in [2.45, 2.75) is 26.9 Å². The van der Waals surface area contributed by atoms with Crippen molar-refractivity contribution in [3.05, 3.63) is 113 Å². The molecule has 7 nitrogen and oxygen atoms in total. The molecule has 0 bridgehead atoms. The summed E-state index contributed by atoms with van der Waals surface area (Å²) < 4.78 is 28.3. The molecule has 4 rings (SSSR count). The lowest BCUT2D eigenvalue weighted by Crippen LogP contribution is -2.29. The average Bonchev–Trinajstić information content (AvgIpc) is 3.37. The largest absolute Gasteiger partial charge is 0.348 e. The van der Waals surface area contributed by atoms with Crippen LogP contribution in [0.3, 0.4) is 0 Å². The van der Waals surface area contributed by atoms with Crippen LogP contribution in [0.4, 0.5) is 5.69 Å². The molecule has 0 unspecified atom stereocenters. The molecule has 0 saturated heterocycles. The highest BCUT2D eigenvalue weighted by Crippen LogP contribution is 2.23. The number of sulfonamides is 1. The summed E-state index contributed by atoms with van der Waals surface area (Å²) in [7, 11) is -3.49. The van der Waals surface area contributed by atoms with Gasteiger partial charge in [-0.25, -0.2) is 13.4 Å². The third kappa shape index (κ3) is 5.78. The molecule has 0 aliphatic heterocycles. The molecule has 35 heavy (non-hydrogen) atoms. The highest BCUT2D eigenvalue weighted by Gasteiger charge is 2.19. The normalized spacial score (nSPS) is 11.3. The maximum absolute atomic E-state index is 12.8. The molecule has 0 aliphatic rings. The maximum Gasteiger partial charge on any atom is 0.251 e. The van der Waals surface area contributed by atoms with E-state index in [-0.39, 0.29) is 12.5 Å². The summed E-state index contributed by atoms with van der Waals surface area (Å²) in [6.07, 6.45) is 6.49. The average molecular weight is 489 g/mol. The van der Waals surface area contributed by atoms with Crippen LogP contribution in [0.2, 0.25) is 0 Å². The molecule has 0 radical (unpaired) electrons. The number of para-hydroxylation sites is 1. The number of aryl methyl sites for hydroxylation is 2. The fourth-order valence-electron chi connectivity index (χ4n) is 3.80. The number of imidazole rings is 1. The zero-order valence-electron chi connectivity index (χ0n) is 20.0. The molecule has 1 heterocycles. The number of hydrogen-bond donors (Lipinski definition) is 1. The Morgan fingerprint density at radius 3 is 2.40 bits per heavy atom. The van der Waals surface area contributed by atoms with Gasteiger partial charge in [-0.15, -0.1) is 0 Å². The van der Waals surface area contributed by atoms with E-state index in [0.717, 1.165) is 27.9 Å². The molecule has 3 aromatic carbocycles. The van der Waals surface area contributed by atoms with Crippen LogP contribution < -0.4 is 9.62 Å². The summed E-state index contributed by atoms with van der Waals surface area (Å²) in [4.78, 5) is 16.9. The van der Waals surface area contributed by atoms with Gasteiger partial charge in [0.1, 0.15) is 0 Å². The van der Waals surface area contributed by atoms with Crippen molar-refractivity contribution in [3.8, 4) is 5.69 Å². The van der Waals surface area contributed by atoms with Crippen LogP contribution in [0.1, 0.15) is 32.6 Å². The number of carbonyl (C=O) groups excluding carboxylic acids is 1. The zero-order chi connectivity index (χ0) is 25.0. The van der Waals surface area contributed by atoms with Gasteiger partial charge < -0.3 is 9.88 Å². The molecule has 0 aliphatic carbocycles. The van der Waals surface area contributed by atoms with E-state index in [1.54, 1.807) is 36.8 Å². The van der Waals surface area contributed by atoms with Gasteiger partial charge in [-0.1, -0.05) is 36.4 Å². The summed E-state index contributed by atoms with van der Waals surface area (Å²) in [5.41, 5.74) is 5.96. The van der Waals surface area contributed by atoms with E-state index >= 15 is 0 Å². The van der Waals surface area contributed by atoms with Crippen LogP contribution in [-0.2, 0) is 23.1 Å². The van der Waals surface area contributed by atoms with E-state index in [4.69, 9.17) is 0 Å². The van der Waals surface area contributed by atoms with E-state index in [1.165, 1.54) is 10.6 Å². The molecule has 1 aromatic heterocycles. The Morgan fingerprint density at radius 2 is 1.74 bits per heavy atom. The summed E-state index contributed by atoms with van der Waals surface area (Å²) in [5.74, 6) is -0.203. The molecular weight excluding hydrogens is 460 g/mol. The molecule has 0 spiro atoms. The van der Waals surface area contributed by atoms with Crippen LogP contribution in [0.5, 0.6) is 0 Å². The number of rotatable bonds is 8. The Labute approximate surface area is 206 Å². The second-order valence-corrected chi connectivity index (χ2v) is 10.4. The van der Waals surface area contributed by atoms with Gasteiger partial charge in [0, 0.05) is 24.5 Å². The minimum absolute atomic E-state index is 0.182. The number of carbonyl (C=O) groups is 1. The number of aromatic nitrogens is 2. The second-order valence-electron chi connectivity index (χ2n) is 8.52. The maximum atomic E-state index is 12.8. The van der Waals surface area contributed by atoms with Gasteiger partial charge in [-0.3, -0.25) is 9.10 Å².